The summed E-state index contributed by atoms with van der Waals surface area (Å²) in [4.78, 5) is 4.53. The van der Waals surface area contributed by atoms with Crippen LogP contribution in [-0.4, -0.2) is 18.1 Å². The molecule has 2 aromatic rings. The zero-order valence-electron chi connectivity index (χ0n) is 13.9. The normalized spacial score (nSPS) is 19.1. The number of piperidine rings is 1. The fourth-order valence-corrected chi connectivity index (χ4v) is 3.96. The fraction of sp³-hybridized carbons (Fsp3) is 0.350. The van der Waals surface area contributed by atoms with Gasteiger partial charge in [0.2, 0.25) is 0 Å². The summed E-state index contributed by atoms with van der Waals surface area (Å²) in [6.45, 7) is 4.68. The van der Waals surface area contributed by atoms with Gasteiger partial charge in [0, 0.05) is 27.2 Å². The number of rotatable bonds is 0. The smallest absolute Gasteiger partial charge is 0.0559 e. The van der Waals surface area contributed by atoms with E-state index in [1.807, 2.05) is 24.4 Å². The van der Waals surface area contributed by atoms with E-state index in [0.717, 1.165) is 26.3 Å². The van der Waals surface area contributed by atoms with Crippen molar-refractivity contribution in [1.29, 1.82) is 0 Å². The molecule has 126 valence electrons. The highest BCUT2D eigenvalue weighted by Crippen LogP contribution is 2.39. The third-order valence-electron chi connectivity index (χ3n) is 4.51. The zero-order valence-corrected chi connectivity index (χ0v) is 16.2. The summed E-state index contributed by atoms with van der Waals surface area (Å²) in [7, 11) is 0. The average Bonchev–Trinajstić information content (AvgIpc) is 2.72. The first kappa shape index (κ1) is 17.7. The van der Waals surface area contributed by atoms with Gasteiger partial charge in [0.25, 0.3) is 0 Å². The molecule has 0 spiro atoms. The van der Waals surface area contributed by atoms with Gasteiger partial charge >= 0.3 is 0 Å². The molecule has 0 bridgehead atoms. The number of halogens is 2. The van der Waals surface area contributed by atoms with Gasteiger partial charge in [-0.25, -0.2) is 0 Å². The lowest BCUT2D eigenvalue weighted by Gasteiger charge is -2.14. The highest BCUT2D eigenvalue weighted by molar-refractivity contribution is 9.15. The Morgan fingerprint density at radius 2 is 1.96 bits per heavy atom. The highest BCUT2D eigenvalue weighted by atomic mass is 79.9. The third-order valence-corrected chi connectivity index (χ3v) is 5.40. The van der Waals surface area contributed by atoms with Crippen molar-refractivity contribution >= 4 is 38.1 Å². The molecule has 1 unspecified atom stereocenters. The molecule has 1 saturated heterocycles. The van der Waals surface area contributed by atoms with Gasteiger partial charge in [-0.1, -0.05) is 53.0 Å². The van der Waals surface area contributed by atoms with Crippen LogP contribution in [0.5, 0.6) is 0 Å². The van der Waals surface area contributed by atoms with E-state index in [1.54, 1.807) is 0 Å². The van der Waals surface area contributed by atoms with Crippen LogP contribution in [0.3, 0.4) is 0 Å². The first-order valence-electron chi connectivity index (χ1n) is 8.49. The maximum Gasteiger partial charge on any atom is 0.0559 e. The Morgan fingerprint density at radius 1 is 1.17 bits per heavy atom. The van der Waals surface area contributed by atoms with E-state index in [9.17, 15) is 0 Å². The van der Waals surface area contributed by atoms with E-state index in [-0.39, 0.29) is 5.92 Å². The summed E-state index contributed by atoms with van der Waals surface area (Å²) in [6.07, 6.45) is 8.18. The molecule has 1 fully saturated rings. The lowest BCUT2D eigenvalue weighted by atomic mass is 9.93. The van der Waals surface area contributed by atoms with Gasteiger partial charge < -0.3 is 5.32 Å². The van der Waals surface area contributed by atoms with Crippen molar-refractivity contribution in [2.24, 2.45) is 0 Å². The molecule has 4 heteroatoms. The molecule has 2 aliphatic rings. The lowest BCUT2D eigenvalue weighted by Crippen LogP contribution is -2.21. The second-order valence-corrected chi connectivity index (χ2v) is 7.52. The number of nitrogens with zero attached hydrogens (tertiary/aromatic N) is 1. The van der Waals surface area contributed by atoms with Crippen molar-refractivity contribution in [2.75, 3.05) is 13.1 Å². The quantitative estimate of drug-likeness (QED) is 0.594. The SMILES string of the molecule is C1CCNCC1.CC1c2ccc(Cl)cc2C=C(Br)c2cccnc21. The summed E-state index contributed by atoms with van der Waals surface area (Å²) in [6, 6.07) is 10.1. The summed E-state index contributed by atoms with van der Waals surface area (Å²) in [5.74, 6) is 0.264. The molecule has 1 aliphatic carbocycles. The largest absolute Gasteiger partial charge is 0.317 e. The van der Waals surface area contributed by atoms with Crippen LogP contribution in [0.4, 0.5) is 0 Å². The van der Waals surface area contributed by atoms with Gasteiger partial charge in [0.05, 0.1) is 5.69 Å². The molecule has 1 aromatic heterocycles. The van der Waals surface area contributed by atoms with E-state index in [0.29, 0.717) is 0 Å². The molecule has 4 rings (SSSR count). The Kier molecular flexibility index (Phi) is 6.09. The van der Waals surface area contributed by atoms with Crippen LogP contribution in [0.1, 0.15) is 54.5 Å². The molecular weight excluding hydrogens is 384 g/mol. The molecular formula is C20H22BrClN2. The molecule has 1 N–H and O–H groups in total. The number of aromatic nitrogens is 1. The van der Waals surface area contributed by atoms with Crippen molar-refractivity contribution in [1.82, 2.24) is 10.3 Å². The van der Waals surface area contributed by atoms with Crippen molar-refractivity contribution in [3.05, 3.63) is 63.9 Å². The van der Waals surface area contributed by atoms with Gasteiger partial charge in [-0.2, -0.15) is 0 Å². The predicted molar refractivity (Wildman–Crippen MR) is 107 cm³/mol. The van der Waals surface area contributed by atoms with Crippen molar-refractivity contribution < 1.29 is 0 Å². The van der Waals surface area contributed by atoms with Gasteiger partial charge in [-0.05, 0) is 61.3 Å². The minimum atomic E-state index is 0.264. The van der Waals surface area contributed by atoms with Crippen molar-refractivity contribution in [3.8, 4) is 0 Å². The van der Waals surface area contributed by atoms with Gasteiger partial charge in [-0.15, -0.1) is 0 Å². The summed E-state index contributed by atoms with van der Waals surface area (Å²) < 4.78 is 1.05. The fourth-order valence-electron chi connectivity index (χ4n) is 3.19. The second-order valence-electron chi connectivity index (χ2n) is 6.23. The van der Waals surface area contributed by atoms with Gasteiger partial charge in [0.15, 0.2) is 0 Å². The minimum absolute atomic E-state index is 0.264. The molecule has 0 radical (unpaired) electrons. The Balaban J connectivity index is 0.000000238. The highest BCUT2D eigenvalue weighted by Gasteiger charge is 2.21. The maximum atomic E-state index is 6.08. The van der Waals surface area contributed by atoms with Crippen LogP contribution in [0.2, 0.25) is 5.02 Å². The minimum Gasteiger partial charge on any atom is -0.317 e. The van der Waals surface area contributed by atoms with Crippen molar-refractivity contribution in [2.45, 2.75) is 32.1 Å². The third kappa shape index (κ3) is 4.08. The number of hydrogen-bond acceptors (Lipinski definition) is 2. The number of benzene rings is 1. The molecule has 1 atom stereocenters. The van der Waals surface area contributed by atoms with Crippen LogP contribution < -0.4 is 5.32 Å². The Hall–Kier alpha value is -1.16. The summed E-state index contributed by atoms with van der Waals surface area (Å²) in [5.41, 5.74) is 4.66. The van der Waals surface area contributed by atoms with Crippen LogP contribution in [0, 0.1) is 0 Å². The van der Waals surface area contributed by atoms with Crippen LogP contribution in [0.15, 0.2) is 36.5 Å². The molecule has 24 heavy (non-hydrogen) atoms. The van der Waals surface area contributed by atoms with E-state index in [1.165, 1.54) is 37.9 Å². The molecule has 1 aromatic carbocycles. The molecule has 0 amide bonds. The number of hydrogen-bond donors (Lipinski definition) is 1. The van der Waals surface area contributed by atoms with E-state index in [2.05, 4.69) is 51.4 Å². The van der Waals surface area contributed by atoms with E-state index >= 15 is 0 Å². The number of nitrogens with one attached hydrogen (secondary N) is 1. The van der Waals surface area contributed by atoms with Gasteiger partial charge in [-0.3, -0.25) is 4.98 Å². The second kappa shape index (κ2) is 8.28. The molecule has 2 nitrogen and oxygen atoms in total. The monoisotopic (exact) mass is 404 g/mol. The Morgan fingerprint density at radius 3 is 2.62 bits per heavy atom. The predicted octanol–water partition coefficient (Wildman–Crippen LogP) is 5.85. The van der Waals surface area contributed by atoms with Crippen LogP contribution >= 0.6 is 27.5 Å². The summed E-state index contributed by atoms with van der Waals surface area (Å²) in [5, 5.41) is 4.05. The Labute approximate surface area is 157 Å². The van der Waals surface area contributed by atoms with Crippen molar-refractivity contribution in [3.63, 3.8) is 0 Å². The van der Waals surface area contributed by atoms with Gasteiger partial charge in [0.1, 0.15) is 0 Å². The zero-order chi connectivity index (χ0) is 16.9. The average molecular weight is 406 g/mol. The summed E-state index contributed by atoms with van der Waals surface area (Å²) >= 11 is 9.71. The van der Waals surface area contributed by atoms with E-state index in [4.69, 9.17) is 11.6 Å². The molecule has 2 heterocycles. The van der Waals surface area contributed by atoms with E-state index < -0.39 is 0 Å². The maximum absolute atomic E-state index is 6.08. The molecule has 1 aliphatic heterocycles. The number of pyridine rings is 1. The molecule has 0 saturated carbocycles. The topological polar surface area (TPSA) is 24.9 Å². The van der Waals surface area contributed by atoms with Crippen LogP contribution in [0.25, 0.3) is 10.6 Å². The number of fused-ring (bicyclic) bond motifs is 2. The standard InChI is InChI=1S/C15H11BrClN.C5H11N/c1-9-12-5-4-11(17)7-10(12)8-14(16)13-3-2-6-18-15(9)13;1-2-4-6-5-3-1/h2-9H,1H3;6H,1-5H2. The first-order valence-corrected chi connectivity index (χ1v) is 9.66. The lowest BCUT2D eigenvalue weighted by molar-refractivity contribution is 0.520. The van der Waals surface area contributed by atoms with Crippen LogP contribution in [-0.2, 0) is 0 Å². The first-order chi connectivity index (χ1) is 11.7. The Bertz CT molecular complexity index is 727.